The van der Waals surface area contributed by atoms with E-state index in [2.05, 4.69) is 41.4 Å². The van der Waals surface area contributed by atoms with Gasteiger partial charge < -0.3 is 11.1 Å². The average molecular weight is 396 g/mol. The van der Waals surface area contributed by atoms with Crippen molar-refractivity contribution in [3.63, 3.8) is 0 Å². The van der Waals surface area contributed by atoms with Crippen LogP contribution in [0.1, 0.15) is 41.7 Å². The molecule has 0 spiro atoms. The Morgan fingerprint density at radius 2 is 1.73 bits per heavy atom. The highest BCUT2D eigenvalue weighted by atomic mass is 35.5. The molecule has 4 nitrogen and oxygen atoms in total. The molecule has 6 heteroatoms. The number of anilines is 1. The van der Waals surface area contributed by atoms with Crippen LogP contribution in [-0.4, -0.2) is 29.9 Å². The molecular weight excluding hydrogens is 369 g/mol. The number of nitrogen functional groups attached to an aromatic ring is 1. The summed E-state index contributed by atoms with van der Waals surface area (Å²) in [4.78, 5) is 14.8. The number of benzene rings is 2. The molecule has 3 rings (SSSR count). The Bertz CT molecular complexity index is 688. The van der Waals surface area contributed by atoms with E-state index >= 15 is 0 Å². The molecule has 142 valence electrons. The van der Waals surface area contributed by atoms with Gasteiger partial charge >= 0.3 is 0 Å². The molecule has 0 saturated carbocycles. The van der Waals surface area contributed by atoms with Crippen LogP contribution in [0.2, 0.25) is 0 Å². The van der Waals surface area contributed by atoms with Crippen LogP contribution < -0.4 is 11.1 Å². The predicted octanol–water partition coefficient (Wildman–Crippen LogP) is 4.07. The van der Waals surface area contributed by atoms with Gasteiger partial charge in [-0.1, -0.05) is 36.4 Å². The summed E-state index contributed by atoms with van der Waals surface area (Å²) >= 11 is 0. The van der Waals surface area contributed by atoms with E-state index in [1.54, 1.807) is 18.2 Å². The van der Waals surface area contributed by atoms with Crippen molar-refractivity contribution in [2.24, 2.45) is 0 Å². The Balaban J connectivity index is 0.00000169. The van der Waals surface area contributed by atoms with Crippen molar-refractivity contribution in [3.05, 3.63) is 65.7 Å². The molecule has 2 aromatic carbocycles. The van der Waals surface area contributed by atoms with Gasteiger partial charge in [-0.25, -0.2) is 0 Å². The van der Waals surface area contributed by atoms with E-state index in [1.807, 2.05) is 12.1 Å². The first-order valence-corrected chi connectivity index (χ1v) is 8.59. The number of nitrogens with one attached hydrogen (secondary N) is 1. The monoisotopic (exact) mass is 395 g/mol. The van der Waals surface area contributed by atoms with E-state index in [9.17, 15) is 4.79 Å². The molecule has 1 heterocycles. The number of likely N-dealkylation sites (tertiary alicyclic amines) is 1. The van der Waals surface area contributed by atoms with Gasteiger partial charge in [-0.05, 0) is 43.5 Å². The third kappa shape index (κ3) is 5.63. The maximum absolute atomic E-state index is 12.3. The van der Waals surface area contributed by atoms with Crippen molar-refractivity contribution in [1.82, 2.24) is 10.2 Å². The van der Waals surface area contributed by atoms with Crippen molar-refractivity contribution >= 4 is 36.4 Å². The van der Waals surface area contributed by atoms with Crippen LogP contribution in [0.5, 0.6) is 0 Å². The predicted molar refractivity (Wildman–Crippen MR) is 112 cm³/mol. The van der Waals surface area contributed by atoms with Crippen molar-refractivity contribution < 1.29 is 4.79 Å². The number of halogens is 2. The zero-order chi connectivity index (χ0) is 16.9. The number of piperidine rings is 1. The summed E-state index contributed by atoms with van der Waals surface area (Å²) in [6, 6.07) is 18.4. The zero-order valence-electron chi connectivity index (χ0n) is 14.9. The Morgan fingerprint density at radius 3 is 2.35 bits per heavy atom. The minimum atomic E-state index is -0.0307. The van der Waals surface area contributed by atoms with E-state index in [4.69, 9.17) is 5.73 Å². The smallest absolute Gasteiger partial charge is 0.251 e. The van der Waals surface area contributed by atoms with Crippen molar-refractivity contribution in [1.29, 1.82) is 0 Å². The van der Waals surface area contributed by atoms with E-state index in [-0.39, 0.29) is 36.8 Å². The lowest BCUT2D eigenvalue weighted by Gasteiger charge is -2.36. The maximum Gasteiger partial charge on any atom is 0.251 e. The van der Waals surface area contributed by atoms with Crippen LogP contribution in [0, 0.1) is 0 Å². The Morgan fingerprint density at radius 1 is 1.08 bits per heavy atom. The quantitative estimate of drug-likeness (QED) is 0.766. The van der Waals surface area contributed by atoms with Crippen LogP contribution >= 0.6 is 24.8 Å². The Hall–Kier alpha value is -1.75. The van der Waals surface area contributed by atoms with E-state index in [0.717, 1.165) is 25.9 Å². The fourth-order valence-electron chi connectivity index (χ4n) is 3.32. The second kappa shape index (κ2) is 10.4. The normalized spacial score (nSPS) is 16.0. The van der Waals surface area contributed by atoms with Gasteiger partial charge in [-0.3, -0.25) is 9.69 Å². The van der Waals surface area contributed by atoms with Crippen molar-refractivity contribution in [3.8, 4) is 0 Å². The Kier molecular flexibility index (Phi) is 8.93. The van der Waals surface area contributed by atoms with E-state index < -0.39 is 0 Å². The molecule has 1 fully saturated rings. The highest BCUT2D eigenvalue weighted by molar-refractivity contribution is 5.95. The molecule has 1 aliphatic rings. The van der Waals surface area contributed by atoms with Crippen LogP contribution in [0.3, 0.4) is 0 Å². The molecule has 0 bridgehead atoms. The van der Waals surface area contributed by atoms with Gasteiger partial charge in [0.2, 0.25) is 0 Å². The number of hydrogen-bond acceptors (Lipinski definition) is 3. The number of rotatable bonds is 4. The number of carbonyl (C=O) groups excluding carboxylic acids is 1. The second-order valence-corrected chi connectivity index (χ2v) is 6.50. The van der Waals surface area contributed by atoms with Gasteiger partial charge in [-0.2, -0.15) is 0 Å². The fraction of sp³-hybridized carbons (Fsp3) is 0.350. The first-order chi connectivity index (χ1) is 11.6. The second-order valence-electron chi connectivity index (χ2n) is 6.50. The van der Waals surface area contributed by atoms with Gasteiger partial charge in [0, 0.05) is 36.4 Å². The first kappa shape index (κ1) is 22.3. The lowest BCUT2D eigenvalue weighted by atomic mass is 10.00. The molecule has 26 heavy (non-hydrogen) atoms. The van der Waals surface area contributed by atoms with Crippen molar-refractivity contribution in [2.45, 2.75) is 31.8 Å². The average Bonchev–Trinajstić information content (AvgIpc) is 2.62. The van der Waals surface area contributed by atoms with Gasteiger partial charge in [-0.15, -0.1) is 24.8 Å². The standard InChI is InChI=1S/C20H25N3O.2ClH/c1-15(16-6-3-2-4-7-16)23-12-10-19(11-13-23)22-20(24)17-8-5-9-18(21)14-17;;/h2-9,14-15,19H,10-13,21H2,1H3,(H,22,24);2*1H. The molecule has 1 saturated heterocycles. The van der Waals surface area contributed by atoms with Crippen LogP contribution in [0.4, 0.5) is 5.69 Å². The summed E-state index contributed by atoms with van der Waals surface area (Å²) in [7, 11) is 0. The number of nitrogens with two attached hydrogens (primary N) is 1. The summed E-state index contributed by atoms with van der Waals surface area (Å²) in [5.74, 6) is -0.0307. The lowest BCUT2D eigenvalue weighted by Crippen LogP contribution is -2.45. The third-order valence-electron chi connectivity index (χ3n) is 4.84. The molecule has 1 amide bonds. The largest absolute Gasteiger partial charge is 0.399 e. The minimum absolute atomic E-state index is 0. The number of nitrogens with zero attached hydrogens (tertiary/aromatic N) is 1. The number of carbonyl (C=O) groups is 1. The summed E-state index contributed by atoms with van der Waals surface area (Å²) in [6.45, 7) is 4.25. The zero-order valence-corrected chi connectivity index (χ0v) is 16.6. The van der Waals surface area contributed by atoms with E-state index in [0.29, 0.717) is 17.3 Å². The summed E-state index contributed by atoms with van der Waals surface area (Å²) in [5.41, 5.74) is 8.35. The van der Waals surface area contributed by atoms with Crippen LogP contribution in [0.25, 0.3) is 0 Å². The minimum Gasteiger partial charge on any atom is -0.399 e. The van der Waals surface area contributed by atoms with Crippen molar-refractivity contribution in [2.75, 3.05) is 18.8 Å². The molecule has 1 unspecified atom stereocenters. The first-order valence-electron chi connectivity index (χ1n) is 8.59. The van der Waals surface area contributed by atoms with E-state index in [1.165, 1.54) is 5.56 Å². The molecule has 0 aliphatic carbocycles. The topological polar surface area (TPSA) is 58.4 Å². The number of amides is 1. The fourth-order valence-corrected chi connectivity index (χ4v) is 3.32. The van der Waals surface area contributed by atoms with Crippen LogP contribution in [-0.2, 0) is 0 Å². The Labute approximate surface area is 168 Å². The summed E-state index contributed by atoms with van der Waals surface area (Å²) in [5, 5.41) is 3.14. The maximum atomic E-state index is 12.3. The molecular formula is C20H27Cl2N3O. The van der Waals surface area contributed by atoms with Gasteiger partial charge in [0.1, 0.15) is 0 Å². The molecule has 1 atom stereocenters. The van der Waals surface area contributed by atoms with Gasteiger partial charge in [0.15, 0.2) is 0 Å². The lowest BCUT2D eigenvalue weighted by molar-refractivity contribution is 0.0896. The van der Waals surface area contributed by atoms with Gasteiger partial charge in [0.05, 0.1) is 0 Å². The third-order valence-corrected chi connectivity index (χ3v) is 4.84. The molecule has 1 aliphatic heterocycles. The summed E-state index contributed by atoms with van der Waals surface area (Å²) < 4.78 is 0. The van der Waals surface area contributed by atoms with Crippen LogP contribution in [0.15, 0.2) is 54.6 Å². The molecule has 3 N–H and O–H groups in total. The molecule has 0 aromatic heterocycles. The summed E-state index contributed by atoms with van der Waals surface area (Å²) in [6.07, 6.45) is 1.95. The highest BCUT2D eigenvalue weighted by Gasteiger charge is 2.24. The van der Waals surface area contributed by atoms with Gasteiger partial charge in [0.25, 0.3) is 5.91 Å². The number of hydrogen-bond donors (Lipinski definition) is 2. The molecule has 2 aromatic rings. The molecule has 0 radical (unpaired) electrons. The SMILES string of the molecule is CC(c1ccccc1)N1CCC(NC(=O)c2cccc(N)c2)CC1.Cl.Cl. The highest BCUT2D eigenvalue weighted by Crippen LogP contribution is 2.24.